The van der Waals surface area contributed by atoms with Crippen molar-refractivity contribution >= 4 is 30.0 Å². The zero-order valence-electron chi connectivity index (χ0n) is 18.4. The molecule has 1 saturated heterocycles. The Balaban J connectivity index is 1.86. The van der Waals surface area contributed by atoms with E-state index in [1.54, 1.807) is 18.2 Å². The van der Waals surface area contributed by atoms with Crippen LogP contribution >= 0.6 is 0 Å². The number of urea groups is 1. The summed E-state index contributed by atoms with van der Waals surface area (Å²) in [7, 11) is 3.88. The summed E-state index contributed by atoms with van der Waals surface area (Å²) in [6.45, 7) is 1.31. The van der Waals surface area contributed by atoms with Crippen LogP contribution in [0.25, 0.3) is 6.08 Å². The molecule has 3 amide bonds. The van der Waals surface area contributed by atoms with Crippen LogP contribution < -0.4 is 14.8 Å². The van der Waals surface area contributed by atoms with E-state index in [9.17, 15) is 19.2 Å². The smallest absolute Gasteiger partial charge is 0.373 e. The van der Waals surface area contributed by atoms with Gasteiger partial charge in [-0.25, -0.2) is 14.4 Å². The Bertz CT molecular complexity index is 1120. The van der Waals surface area contributed by atoms with E-state index in [1.165, 1.54) is 46.5 Å². The second-order valence-electron chi connectivity index (χ2n) is 6.80. The maximum absolute atomic E-state index is 12.9. The Morgan fingerprint density at radius 3 is 2.55 bits per heavy atom. The van der Waals surface area contributed by atoms with Crippen LogP contribution in [0.4, 0.5) is 4.79 Å². The van der Waals surface area contributed by atoms with E-state index in [0.29, 0.717) is 11.3 Å². The van der Waals surface area contributed by atoms with Crippen molar-refractivity contribution in [1.82, 2.24) is 10.2 Å². The fourth-order valence-corrected chi connectivity index (χ4v) is 3.02. The highest BCUT2D eigenvalue weighted by Gasteiger charge is 2.35. The van der Waals surface area contributed by atoms with E-state index in [1.807, 2.05) is 0 Å². The lowest BCUT2D eigenvalue weighted by Crippen LogP contribution is -2.30. The second kappa shape index (κ2) is 9.90. The van der Waals surface area contributed by atoms with Gasteiger partial charge in [-0.15, -0.1) is 0 Å². The fourth-order valence-electron chi connectivity index (χ4n) is 3.02. The lowest BCUT2D eigenvalue weighted by molar-refractivity contribution is -0.148. The first-order valence-corrected chi connectivity index (χ1v) is 9.72. The molecule has 0 saturated carbocycles. The average molecular weight is 458 g/mol. The fraction of sp³-hybridized carbons (Fsp3) is 0.273. The van der Waals surface area contributed by atoms with Crippen molar-refractivity contribution in [1.29, 1.82) is 0 Å². The number of nitrogens with zero attached hydrogens (tertiary/aromatic N) is 1. The molecule has 1 N–H and O–H groups in total. The number of furan rings is 1. The first-order valence-electron chi connectivity index (χ1n) is 9.72. The SMILES string of the molecule is COC(=O)c1ccc(CN2C(=O)N/C(=C\c3cccc(OC)c3O[C@H](C)C(=O)OC)C2=O)o1. The number of esters is 2. The molecule has 0 spiro atoms. The standard InChI is InChI=1S/C22H22N2O9/c1-12(20(26)30-3)32-18-13(6-5-7-16(18)29-2)10-15-19(25)24(22(28)23-15)11-14-8-9-17(33-14)21(27)31-4/h5-10,12H,11H2,1-4H3,(H,23,28)/b15-10-/t12-/m1/s1. The van der Waals surface area contributed by atoms with Gasteiger partial charge in [0.25, 0.3) is 5.91 Å². The molecule has 11 nitrogen and oxygen atoms in total. The van der Waals surface area contributed by atoms with Gasteiger partial charge in [-0.2, -0.15) is 0 Å². The third kappa shape index (κ3) is 4.97. The molecule has 2 aromatic rings. The molecular weight excluding hydrogens is 436 g/mol. The number of nitrogens with one attached hydrogen (secondary N) is 1. The minimum absolute atomic E-state index is 0.0245. The first kappa shape index (κ1) is 23.4. The van der Waals surface area contributed by atoms with Crippen molar-refractivity contribution < 1.29 is 42.5 Å². The number of carbonyl (C=O) groups excluding carboxylic acids is 4. The van der Waals surface area contributed by atoms with Crippen molar-refractivity contribution in [3.05, 3.63) is 53.1 Å². The van der Waals surface area contributed by atoms with Crippen LogP contribution in [0, 0.1) is 0 Å². The Hall–Kier alpha value is -4.28. The van der Waals surface area contributed by atoms with Crippen LogP contribution in [0.15, 0.2) is 40.4 Å². The summed E-state index contributed by atoms with van der Waals surface area (Å²) in [6, 6.07) is 7.10. The second-order valence-corrected chi connectivity index (χ2v) is 6.80. The number of methoxy groups -OCH3 is 3. The predicted molar refractivity (Wildman–Crippen MR) is 112 cm³/mol. The maximum atomic E-state index is 12.9. The minimum atomic E-state index is -0.947. The molecular formula is C22H22N2O9. The number of amides is 3. The van der Waals surface area contributed by atoms with E-state index in [-0.39, 0.29) is 29.5 Å². The van der Waals surface area contributed by atoms with Crippen molar-refractivity contribution in [3.63, 3.8) is 0 Å². The number of ether oxygens (including phenoxy) is 4. The molecule has 33 heavy (non-hydrogen) atoms. The van der Waals surface area contributed by atoms with E-state index in [4.69, 9.17) is 13.9 Å². The van der Waals surface area contributed by atoms with Crippen molar-refractivity contribution in [2.75, 3.05) is 21.3 Å². The summed E-state index contributed by atoms with van der Waals surface area (Å²) in [5, 5.41) is 2.49. The number of hydrogen-bond acceptors (Lipinski definition) is 9. The number of para-hydroxylation sites is 1. The van der Waals surface area contributed by atoms with E-state index < -0.39 is 30.0 Å². The molecule has 0 aliphatic carbocycles. The molecule has 1 atom stereocenters. The Labute approximate surface area is 188 Å². The molecule has 1 aromatic heterocycles. The molecule has 1 aromatic carbocycles. The average Bonchev–Trinajstić information content (AvgIpc) is 3.39. The maximum Gasteiger partial charge on any atom is 0.373 e. The molecule has 174 valence electrons. The van der Waals surface area contributed by atoms with Crippen molar-refractivity contribution in [2.45, 2.75) is 19.6 Å². The molecule has 3 rings (SSSR count). The highest BCUT2D eigenvalue weighted by atomic mass is 16.6. The van der Waals surface area contributed by atoms with Gasteiger partial charge < -0.3 is 28.7 Å². The summed E-state index contributed by atoms with van der Waals surface area (Å²) in [5.74, 6) is -1.21. The highest BCUT2D eigenvalue weighted by Crippen LogP contribution is 2.34. The van der Waals surface area contributed by atoms with Gasteiger partial charge in [-0.1, -0.05) is 12.1 Å². The summed E-state index contributed by atoms with van der Waals surface area (Å²) >= 11 is 0. The van der Waals surface area contributed by atoms with Crippen LogP contribution in [0.5, 0.6) is 11.5 Å². The van der Waals surface area contributed by atoms with Gasteiger partial charge in [-0.05, 0) is 31.2 Å². The van der Waals surface area contributed by atoms with Crippen molar-refractivity contribution in [2.24, 2.45) is 0 Å². The molecule has 0 radical (unpaired) electrons. The highest BCUT2D eigenvalue weighted by molar-refractivity contribution is 6.14. The van der Waals surface area contributed by atoms with Crippen LogP contribution in [0.2, 0.25) is 0 Å². The predicted octanol–water partition coefficient (Wildman–Crippen LogP) is 2.11. The Morgan fingerprint density at radius 2 is 1.88 bits per heavy atom. The van der Waals surface area contributed by atoms with E-state index in [2.05, 4.69) is 14.8 Å². The number of carbonyl (C=O) groups is 4. The zero-order valence-corrected chi connectivity index (χ0v) is 18.4. The van der Waals surface area contributed by atoms with Crippen LogP contribution in [-0.4, -0.2) is 56.2 Å². The van der Waals surface area contributed by atoms with Gasteiger partial charge in [0, 0.05) is 5.56 Å². The van der Waals surface area contributed by atoms with Crippen LogP contribution in [-0.2, 0) is 25.6 Å². The third-order valence-corrected chi connectivity index (χ3v) is 4.68. The van der Waals surface area contributed by atoms with Gasteiger partial charge in [-0.3, -0.25) is 9.69 Å². The van der Waals surface area contributed by atoms with Gasteiger partial charge in [0.15, 0.2) is 17.6 Å². The van der Waals surface area contributed by atoms with E-state index >= 15 is 0 Å². The third-order valence-electron chi connectivity index (χ3n) is 4.68. The largest absolute Gasteiger partial charge is 0.493 e. The molecule has 1 aliphatic rings. The van der Waals surface area contributed by atoms with Gasteiger partial charge in [0.1, 0.15) is 11.5 Å². The monoisotopic (exact) mass is 458 g/mol. The Morgan fingerprint density at radius 1 is 1.12 bits per heavy atom. The van der Waals surface area contributed by atoms with Gasteiger partial charge >= 0.3 is 18.0 Å². The lowest BCUT2D eigenvalue weighted by Gasteiger charge is -2.17. The zero-order chi connectivity index (χ0) is 24.1. The topological polar surface area (TPSA) is 134 Å². The number of benzene rings is 1. The number of imide groups is 1. The normalized spacial score (nSPS) is 15.3. The van der Waals surface area contributed by atoms with Crippen LogP contribution in [0.1, 0.15) is 28.8 Å². The minimum Gasteiger partial charge on any atom is -0.493 e. The summed E-state index contributed by atoms with van der Waals surface area (Å²) in [4.78, 5) is 49.5. The van der Waals surface area contributed by atoms with Crippen molar-refractivity contribution in [3.8, 4) is 11.5 Å². The molecule has 11 heteroatoms. The van der Waals surface area contributed by atoms with E-state index in [0.717, 1.165) is 4.90 Å². The summed E-state index contributed by atoms with van der Waals surface area (Å²) in [6.07, 6.45) is 0.459. The van der Waals surface area contributed by atoms with Gasteiger partial charge in [0.2, 0.25) is 5.76 Å². The summed E-state index contributed by atoms with van der Waals surface area (Å²) in [5.41, 5.74) is 0.366. The molecule has 1 fully saturated rings. The molecule has 2 heterocycles. The molecule has 0 bridgehead atoms. The molecule has 1 aliphatic heterocycles. The number of rotatable bonds is 8. The first-order chi connectivity index (χ1) is 15.8. The molecule has 0 unspecified atom stereocenters. The number of hydrogen-bond donors (Lipinski definition) is 1. The van der Waals surface area contributed by atoms with Gasteiger partial charge in [0.05, 0.1) is 27.9 Å². The Kier molecular flexibility index (Phi) is 7.01. The quantitative estimate of drug-likeness (QED) is 0.359. The lowest BCUT2D eigenvalue weighted by atomic mass is 10.1. The summed E-state index contributed by atoms with van der Waals surface area (Å²) < 4.78 is 25.6. The van der Waals surface area contributed by atoms with Crippen LogP contribution in [0.3, 0.4) is 0 Å².